The van der Waals surface area contributed by atoms with Crippen LogP contribution in [0.5, 0.6) is 5.75 Å². The standard InChI is InChI=1S/C26H28Cl2N2O3/c1-4-17(2)29-26(32)18(3)30(15-20-12-13-21(27)14-23(20)28)25(31)16-33-24-11-7-9-19-8-5-6-10-22(19)24/h5-14,17-18H,4,15-16H2,1-3H3,(H,29,32)/t17-,18+/m1/s1. The van der Waals surface area contributed by atoms with E-state index >= 15 is 0 Å². The number of hydrogen-bond donors (Lipinski definition) is 1. The fourth-order valence-electron chi connectivity index (χ4n) is 3.43. The minimum absolute atomic E-state index is 0.00274. The third-order valence-electron chi connectivity index (χ3n) is 5.62. The van der Waals surface area contributed by atoms with E-state index in [1.54, 1.807) is 25.1 Å². The molecule has 0 spiro atoms. The van der Waals surface area contributed by atoms with Crippen molar-refractivity contribution in [2.75, 3.05) is 6.61 Å². The molecule has 2 atom stereocenters. The lowest BCUT2D eigenvalue weighted by atomic mass is 10.1. The number of carbonyl (C=O) groups is 2. The summed E-state index contributed by atoms with van der Waals surface area (Å²) in [6.45, 7) is 5.57. The first-order valence-electron chi connectivity index (χ1n) is 10.9. The van der Waals surface area contributed by atoms with E-state index in [-0.39, 0.29) is 31.0 Å². The van der Waals surface area contributed by atoms with Crippen molar-refractivity contribution in [2.24, 2.45) is 0 Å². The second-order valence-electron chi connectivity index (χ2n) is 8.02. The van der Waals surface area contributed by atoms with Crippen LogP contribution in [0, 0.1) is 0 Å². The molecule has 3 rings (SSSR count). The summed E-state index contributed by atoms with van der Waals surface area (Å²) in [5, 5.41) is 5.82. The van der Waals surface area contributed by atoms with Crippen LogP contribution in [0.1, 0.15) is 32.8 Å². The molecule has 0 fully saturated rings. The lowest BCUT2D eigenvalue weighted by Gasteiger charge is -2.30. The molecular formula is C26H28Cl2N2O3. The van der Waals surface area contributed by atoms with Gasteiger partial charge < -0.3 is 15.0 Å². The fourth-order valence-corrected chi connectivity index (χ4v) is 3.89. The first-order valence-corrected chi connectivity index (χ1v) is 11.7. The molecule has 7 heteroatoms. The number of hydrogen-bond acceptors (Lipinski definition) is 3. The van der Waals surface area contributed by atoms with E-state index in [9.17, 15) is 9.59 Å². The van der Waals surface area contributed by atoms with Gasteiger partial charge in [-0.2, -0.15) is 0 Å². The molecule has 0 unspecified atom stereocenters. The molecule has 5 nitrogen and oxygen atoms in total. The highest BCUT2D eigenvalue weighted by Gasteiger charge is 2.28. The van der Waals surface area contributed by atoms with Gasteiger partial charge in [0, 0.05) is 28.0 Å². The fraction of sp³-hybridized carbons (Fsp3) is 0.308. The Balaban J connectivity index is 1.82. The zero-order valence-corrected chi connectivity index (χ0v) is 20.5. The number of halogens is 2. The summed E-state index contributed by atoms with van der Waals surface area (Å²) in [7, 11) is 0. The van der Waals surface area contributed by atoms with Gasteiger partial charge >= 0.3 is 0 Å². The molecule has 0 heterocycles. The van der Waals surface area contributed by atoms with Crippen molar-refractivity contribution in [1.29, 1.82) is 0 Å². The van der Waals surface area contributed by atoms with E-state index in [1.807, 2.05) is 56.3 Å². The van der Waals surface area contributed by atoms with Crippen LogP contribution in [0.4, 0.5) is 0 Å². The largest absolute Gasteiger partial charge is 0.483 e. The van der Waals surface area contributed by atoms with Crippen LogP contribution in [-0.2, 0) is 16.1 Å². The normalized spacial score (nSPS) is 12.8. The van der Waals surface area contributed by atoms with E-state index in [2.05, 4.69) is 5.32 Å². The first kappa shape index (κ1) is 24.9. The van der Waals surface area contributed by atoms with Crippen molar-refractivity contribution in [2.45, 2.75) is 45.8 Å². The van der Waals surface area contributed by atoms with Crippen LogP contribution < -0.4 is 10.1 Å². The van der Waals surface area contributed by atoms with Crippen LogP contribution in [0.15, 0.2) is 60.7 Å². The number of nitrogens with zero attached hydrogens (tertiary/aromatic N) is 1. The van der Waals surface area contributed by atoms with Crippen LogP contribution >= 0.6 is 23.2 Å². The molecule has 0 saturated carbocycles. The summed E-state index contributed by atoms with van der Waals surface area (Å²) in [5.74, 6) is 0.0661. The summed E-state index contributed by atoms with van der Waals surface area (Å²) in [6.07, 6.45) is 0.791. The van der Waals surface area contributed by atoms with Gasteiger partial charge in [-0.25, -0.2) is 0 Å². The Hall–Kier alpha value is -2.76. The SMILES string of the molecule is CC[C@@H](C)NC(=O)[C@H](C)N(Cc1ccc(Cl)cc1Cl)C(=O)COc1cccc2ccccc12. The Labute approximate surface area is 204 Å². The number of rotatable bonds is 9. The van der Waals surface area contributed by atoms with Crippen molar-refractivity contribution >= 4 is 45.8 Å². The van der Waals surface area contributed by atoms with Gasteiger partial charge in [0.1, 0.15) is 11.8 Å². The summed E-state index contributed by atoms with van der Waals surface area (Å²) in [5.41, 5.74) is 0.697. The minimum Gasteiger partial charge on any atom is -0.483 e. The van der Waals surface area contributed by atoms with Gasteiger partial charge in [-0.05, 0) is 49.4 Å². The highest BCUT2D eigenvalue weighted by molar-refractivity contribution is 6.35. The van der Waals surface area contributed by atoms with Gasteiger partial charge in [0.25, 0.3) is 5.91 Å². The zero-order chi connectivity index (χ0) is 24.0. The topological polar surface area (TPSA) is 58.6 Å². The maximum atomic E-state index is 13.3. The predicted octanol–water partition coefficient (Wildman–Crippen LogP) is 5.86. The van der Waals surface area contributed by atoms with Crippen LogP contribution in [-0.4, -0.2) is 35.4 Å². The summed E-state index contributed by atoms with van der Waals surface area (Å²) < 4.78 is 5.90. The first-order chi connectivity index (χ1) is 15.8. The second kappa shape index (κ2) is 11.4. The number of nitrogens with one attached hydrogen (secondary N) is 1. The second-order valence-corrected chi connectivity index (χ2v) is 8.86. The molecule has 1 N–H and O–H groups in total. The van der Waals surface area contributed by atoms with Crippen molar-refractivity contribution in [3.8, 4) is 5.75 Å². The van der Waals surface area contributed by atoms with Gasteiger partial charge in [-0.1, -0.05) is 72.6 Å². The third kappa shape index (κ3) is 6.40. The maximum absolute atomic E-state index is 13.3. The molecule has 0 radical (unpaired) electrons. The quantitative estimate of drug-likeness (QED) is 0.412. The molecule has 0 aliphatic rings. The average Bonchev–Trinajstić information content (AvgIpc) is 2.81. The van der Waals surface area contributed by atoms with Gasteiger partial charge in [0.15, 0.2) is 6.61 Å². The number of ether oxygens (including phenoxy) is 1. The molecule has 174 valence electrons. The Morgan fingerprint density at radius 2 is 1.76 bits per heavy atom. The predicted molar refractivity (Wildman–Crippen MR) is 134 cm³/mol. The highest BCUT2D eigenvalue weighted by atomic mass is 35.5. The molecule has 0 saturated heterocycles. The third-order valence-corrected chi connectivity index (χ3v) is 6.21. The zero-order valence-electron chi connectivity index (χ0n) is 19.0. The van der Waals surface area contributed by atoms with E-state index in [0.717, 1.165) is 17.2 Å². The van der Waals surface area contributed by atoms with E-state index in [1.165, 1.54) is 4.90 Å². The molecule has 3 aromatic carbocycles. The van der Waals surface area contributed by atoms with Crippen molar-refractivity contribution in [3.63, 3.8) is 0 Å². The Morgan fingerprint density at radius 1 is 1.03 bits per heavy atom. The van der Waals surface area contributed by atoms with Crippen LogP contribution in [0.3, 0.4) is 0 Å². The number of fused-ring (bicyclic) bond motifs is 1. The smallest absolute Gasteiger partial charge is 0.261 e. The minimum atomic E-state index is -0.714. The van der Waals surface area contributed by atoms with Gasteiger partial charge in [-0.15, -0.1) is 0 Å². The molecule has 0 aromatic heterocycles. The van der Waals surface area contributed by atoms with Crippen LogP contribution in [0.25, 0.3) is 10.8 Å². The van der Waals surface area contributed by atoms with Crippen molar-refractivity contribution < 1.29 is 14.3 Å². The van der Waals surface area contributed by atoms with Gasteiger partial charge in [-0.3, -0.25) is 9.59 Å². The molecular weight excluding hydrogens is 459 g/mol. The highest BCUT2D eigenvalue weighted by Crippen LogP contribution is 2.26. The molecule has 33 heavy (non-hydrogen) atoms. The Bertz CT molecular complexity index is 1130. The molecule has 3 aromatic rings. The number of carbonyl (C=O) groups excluding carboxylic acids is 2. The lowest BCUT2D eigenvalue weighted by Crippen LogP contribution is -2.50. The van der Waals surface area contributed by atoms with Crippen molar-refractivity contribution in [1.82, 2.24) is 10.2 Å². The Kier molecular flexibility index (Phi) is 8.59. The molecule has 2 amide bonds. The summed E-state index contributed by atoms with van der Waals surface area (Å²) >= 11 is 12.4. The van der Waals surface area contributed by atoms with E-state index in [0.29, 0.717) is 21.4 Å². The Morgan fingerprint density at radius 3 is 2.48 bits per heavy atom. The molecule has 0 aliphatic heterocycles. The van der Waals surface area contributed by atoms with E-state index < -0.39 is 6.04 Å². The van der Waals surface area contributed by atoms with Crippen molar-refractivity contribution in [3.05, 3.63) is 76.3 Å². The lowest BCUT2D eigenvalue weighted by molar-refractivity contribution is -0.142. The summed E-state index contributed by atoms with van der Waals surface area (Å²) in [6, 6.07) is 17.9. The van der Waals surface area contributed by atoms with Gasteiger partial charge in [0.05, 0.1) is 0 Å². The summed E-state index contributed by atoms with van der Waals surface area (Å²) in [4.78, 5) is 27.6. The van der Waals surface area contributed by atoms with E-state index in [4.69, 9.17) is 27.9 Å². The molecule has 0 aliphatic carbocycles. The van der Waals surface area contributed by atoms with Crippen LogP contribution in [0.2, 0.25) is 10.0 Å². The number of amides is 2. The average molecular weight is 487 g/mol. The number of benzene rings is 3. The maximum Gasteiger partial charge on any atom is 0.261 e. The van der Waals surface area contributed by atoms with Gasteiger partial charge in [0.2, 0.25) is 5.91 Å². The monoisotopic (exact) mass is 486 g/mol. The molecule has 0 bridgehead atoms.